The number of nitrogens with zero attached hydrogens (tertiary/aromatic N) is 2. The first-order valence-corrected chi connectivity index (χ1v) is 8.86. The van der Waals surface area contributed by atoms with E-state index in [9.17, 15) is 8.42 Å². The van der Waals surface area contributed by atoms with E-state index >= 15 is 0 Å². The molecule has 0 radical (unpaired) electrons. The molecular formula is C13H12BrClN2O2S. The molecule has 0 unspecified atom stereocenters. The van der Waals surface area contributed by atoms with E-state index in [1.54, 1.807) is 18.2 Å². The monoisotopic (exact) mass is 374 g/mol. The number of pyridine rings is 1. The van der Waals surface area contributed by atoms with Crippen molar-refractivity contribution in [2.45, 2.75) is 17.7 Å². The lowest BCUT2D eigenvalue weighted by atomic mass is 10.2. The van der Waals surface area contributed by atoms with Crippen LogP contribution in [0.15, 0.2) is 33.8 Å². The molecule has 0 N–H and O–H groups in total. The third-order valence-electron chi connectivity index (χ3n) is 3.46. The van der Waals surface area contributed by atoms with E-state index < -0.39 is 10.0 Å². The molecule has 1 aromatic heterocycles. The Morgan fingerprint density at radius 1 is 1.25 bits per heavy atom. The van der Waals surface area contributed by atoms with Gasteiger partial charge in [-0.05, 0) is 34.8 Å². The summed E-state index contributed by atoms with van der Waals surface area (Å²) in [4.78, 5) is 4.32. The van der Waals surface area contributed by atoms with E-state index in [-0.39, 0.29) is 4.90 Å². The molecule has 1 aliphatic rings. The predicted molar refractivity (Wildman–Crippen MR) is 82.4 cm³/mol. The van der Waals surface area contributed by atoms with Crippen LogP contribution in [0, 0.1) is 0 Å². The van der Waals surface area contributed by atoms with Crippen LogP contribution in [0.5, 0.6) is 0 Å². The lowest BCUT2D eigenvalue weighted by Crippen LogP contribution is -2.28. The van der Waals surface area contributed by atoms with Gasteiger partial charge in [0.25, 0.3) is 0 Å². The van der Waals surface area contributed by atoms with Crippen LogP contribution in [0.1, 0.15) is 12.8 Å². The molecular weight excluding hydrogens is 364 g/mol. The predicted octanol–water partition coefficient (Wildman–Crippen LogP) is 3.44. The van der Waals surface area contributed by atoms with Crippen molar-refractivity contribution in [3.05, 3.63) is 34.0 Å². The molecule has 0 atom stereocenters. The molecule has 20 heavy (non-hydrogen) atoms. The van der Waals surface area contributed by atoms with Gasteiger partial charge in [-0.25, -0.2) is 13.4 Å². The summed E-state index contributed by atoms with van der Waals surface area (Å²) in [5.74, 6) is 0. The molecule has 1 fully saturated rings. The molecule has 1 aromatic carbocycles. The smallest absolute Gasteiger partial charge is 0.243 e. The average molecular weight is 376 g/mol. The zero-order valence-electron chi connectivity index (χ0n) is 10.5. The fourth-order valence-electron chi connectivity index (χ4n) is 2.48. The van der Waals surface area contributed by atoms with E-state index in [2.05, 4.69) is 20.9 Å². The van der Waals surface area contributed by atoms with Gasteiger partial charge in [-0.3, -0.25) is 0 Å². The summed E-state index contributed by atoms with van der Waals surface area (Å²) in [6.45, 7) is 1.16. The minimum absolute atomic E-state index is 0.285. The second-order valence-corrected chi connectivity index (χ2v) is 7.81. The number of hydrogen-bond acceptors (Lipinski definition) is 3. The Hall–Kier alpha value is -0.690. The fraction of sp³-hybridized carbons (Fsp3) is 0.308. The molecule has 3 rings (SSSR count). The summed E-state index contributed by atoms with van der Waals surface area (Å²) in [6, 6.07) is 5.10. The first-order chi connectivity index (χ1) is 9.51. The number of rotatable bonds is 2. The summed E-state index contributed by atoms with van der Waals surface area (Å²) >= 11 is 9.45. The summed E-state index contributed by atoms with van der Waals surface area (Å²) in [7, 11) is -3.49. The van der Waals surface area contributed by atoms with E-state index in [0.717, 1.165) is 12.8 Å². The summed E-state index contributed by atoms with van der Waals surface area (Å²) < 4.78 is 27.7. The Kier molecular flexibility index (Phi) is 3.75. The lowest BCUT2D eigenvalue weighted by molar-refractivity contribution is 0.478. The number of sulfonamides is 1. The van der Waals surface area contributed by atoms with Gasteiger partial charge < -0.3 is 0 Å². The molecule has 1 aliphatic heterocycles. The summed E-state index contributed by atoms with van der Waals surface area (Å²) in [5.41, 5.74) is 0. The summed E-state index contributed by atoms with van der Waals surface area (Å²) in [6.07, 6.45) is 3.36. The van der Waals surface area contributed by atoms with Gasteiger partial charge in [0.1, 0.15) is 5.15 Å². The van der Waals surface area contributed by atoms with E-state index in [1.165, 1.54) is 10.5 Å². The molecule has 0 amide bonds. The van der Waals surface area contributed by atoms with Crippen molar-refractivity contribution >= 4 is 48.3 Å². The van der Waals surface area contributed by atoms with Crippen molar-refractivity contribution in [3.8, 4) is 0 Å². The van der Waals surface area contributed by atoms with E-state index in [4.69, 9.17) is 11.6 Å². The fourth-order valence-corrected chi connectivity index (χ4v) is 5.09. The molecule has 0 saturated carbocycles. The van der Waals surface area contributed by atoms with Crippen molar-refractivity contribution in [2.24, 2.45) is 0 Å². The number of fused-ring (bicyclic) bond motifs is 1. The Balaban J connectivity index is 2.29. The van der Waals surface area contributed by atoms with Crippen LogP contribution >= 0.6 is 27.5 Å². The molecule has 0 spiro atoms. The Morgan fingerprint density at radius 2 is 1.95 bits per heavy atom. The van der Waals surface area contributed by atoms with Crippen LogP contribution in [-0.2, 0) is 10.0 Å². The van der Waals surface area contributed by atoms with Gasteiger partial charge in [-0.15, -0.1) is 0 Å². The number of benzene rings is 1. The van der Waals surface area contributed by atoms with Crippen molar-refractivity contribution in [1.29, 1.82) is 0 Å². The standard InChI is InChI=1S/C13H12BrClN2O2S/c14-10-8-16-13(15)9-4-3-5-11(12(9)10)20(18,19)17-6-1-2-7-17/h3-5,8H,1-2,6-7H2. The maximum atomic E-state index is 12.8. The maximum absolute atomic E-state index is 12.8. The second kappa shape index (κ2) is 5.26. The van der Waals surface area contributed by atoms with Crippen LogP contribution in [-0.4, -0.2) is 30.8 Å². The highest BCUT2D eigenvalue weighted by Crippen LogP contribution is 2.35. The largest absolute Gasteiger partial charge is 0.243 e. The SMILES string of the molecule is O=S(=O)(c1cccc2c(Cl)ncc(Br)c12)N1CCCC1. The zero-order valence-corrected chi connectivity index (χ0v) is 13.7. The molecule has 0 aliphatic carbocycles. The first-order valence-electron chi connectivity index (χ1n) is 6.24. The van der Waals surface area contributed by atoms with Crippen LogP contribution in [0.25, 0.3) is 10.8 Å². The average Bonchev–Trinajstić information content (AvgIpc) is 2.97. The van der Waals surface area contributed by atoms with Crippen molar-refractivity contribution in [2.75, 3.05) is 13.1 Å². The molecule has 2 heterocycles. The van der Waals surface area contributed by atoms with Gasteiger partial charge in [-0.1, -0.05) is 23.7 Å². The lowest BCUT2D eigenvalue weighted by Gasteiger charge is -2.17. The minimum Gasteiger partial charge on any atom is -0.243 e. The van der Waals surface area contributed by atoms with Crippen molar-refractivity contribution in [1.82, 2.24) is 9.29 Å². The molecule has 106 valence electrons. The highest BCUT2D eigenvalue weighted by atomic mass is 79.9. The van der Waals surface area contributed by atoms with Gasteiger partial charge >= 0.3 is 0 Å². The summed E-state index contributed by atoms with van der Waals surface area (Å²) in [5, 5.41) is 1.54. The maximum Gasteiger partial charge on any atom is 0.243 e. The highest BCUT2D eigenvalue weighted by Gasteiger charge is 2.29. The quantitative estimate of drug-likeness (QED) is 0.756. The number of aromatic nitrogens is 1. The topological polar surface area (TPSA) is 50.3 Å². The Morgan fingerprint density at radius 3 is 2.65 bits per heavy atom. The number of halogens is 2. The van der Waals surface area contributed by atoms with Gasteiger partial charge in [0.2, 0.25) is 10.0 Å². The van der Waals surface area contributed by atoms with Crippen LogP contribution in [0.4, 0.5) is 0 Å². The minimum atomic E-state index is -3.49. The molecule has 2 aromatic rings. The van der Waals surface area contributed by atoms with Crippen LogP contribution < -0.4 is 0 Å². The molecule has 7 heteroatoms. The van der Waals surface area contributed by atoms with Crippen molar-refractivity contribution in [3.63, 3.8) is 0 Å². The number of hydrogen-bond donors (Lipinski definition) is 0. The van der Waals surface area contributed by atoms with Gasteiger partial charge in [-0.2, -0.15) is 4.31 Å². The van der Waals surface area contributed by atoms with Gasteiger partial charge in [0.15, 0.2) is 0 Å². The Labute approximate surface area is 130 Å². The molecule has 4 nitrogen and oxygen atoms in total. The van der Waals surface area contributed by atoms with E-state index in [1.807, 2.05) is 0 Å². The van der Waals surface area contributed by atoms with Crippen molar-refractivity contribution < 1.29 is 8.42 Å². The van der Waals surface area contributed by atoms with E-state index in [0.29, 0.717) is 33.5 Å². The molecule has 1 saturated heterocycles. The van der Waals surface area contributed by atoms with Gasteiger partial charge in [0, 0.05) is 34.5 Å². The van der Waals surface area contributed by atoms with Crippen LogP contribution in [0.3, 0.4) is 0 Å². The normalized spacial score (nSPS) is 16.9. The Bertz CT molecular complexity index is 773. The first kappa shape index (κ1) is 14.3. The van der Waals surface area contributed by atoms with Gasteiger partial charge in [0.05, 0.1) is 4.90 Å². The highest BCUT2D eigenvalue weighted by molar-refractivity contribution is 9.10. The molecule has 0 bridgehead atoms. The zero-order chi connectivity index (χ0) is 14.3. The second-order valence-electron chi connectivity index (χ2n) is 4.69. The third kappa shape index (κ3) is 2.24. The van der Waals surface area contributed by atoms with Crippen LogP contribution in [0.2, 0.25) is 5.15 Å². The third-order valence-corrected chi connectivity index (χ3v) is 6.30.